The van der Waals surface area contributed by atoms with Crippen molar-refractivity contribution in [1.29, 1.82) is 0 Å². The van der Waals surface area contributed by atoms with Gasteiger partial charge in [0.2, 0.25) is 5.91 Å². The molecule has 5 aromatic rings. The molecule has 4 aromatic carbocycles. The van der Waals surface area contributed by atoms with Gasteiger partial charge in [0.25, 0.3) is 5.91 Å². The Bertz CT molecular complexity index is 1720. The molecule has 0 saturated heterocycles. The van der Waals surface area contributed by atoms with E-state index in [0.717, 1.165) is 27.7 Å². The molecule has 0 spiro atoms. The van der Waals surface area contributed by atoms with Crippen LogP contribution in [-0.2, 0) is 9.59 Å². The number of nitrogens with zero attached hydrogens (tertiary/aromatic N) is 1. The second-order valence-corrected chi connectivity index (χ2v) is 9.29. The Morgan fingerprint density at radius 2 is 1.68 bits per heavy atom. The number of hydrogen-bond acceptors (Lipinski definition) is 6. The molecule has 1 unspecified atom stereocenters. The highest BCUT2D eigenvalue weighted by atomic mass is 16.5. The molecule has 8 heteroatoms. The Hall–Kier alpha value is -5.63. The monoisotopic (exact) mass is 543 g/mol. The first-order chi connectivity index (χ1) is 20.0. The number of carbonyl (C=O) groups excluding carboxylic acids is 2. The highest BCUT2D eigenvalue weighted by Gasteiger charge is 2.21. The molecule has 0 aliphatic carbocycles. The zero-order valence-electron chi connectivity index (χ0n) is 22.4. The van der Waals surface area contributed by atoms with E-state index >= 15 is 0 Å². The van der Waals surface area contributed by atoms with Crippen LogP contribution in [0.15, 0.2) is 115 Å². The van der Waals surface area contributed by atoms with Gasteiger partial charge >= 0.3 is 0 Å². The predicted octanol–water partition coefficient (Wildman–Crippen LogP) is 6.27. The number of methoxy groups -OCH3 is 1. The smallest absolute Gasteiger partial charge is 0.251 e. The largest absolute Gasteiger partial charge is 0.497 e. The lowest BCUT2D eigenvalue weighted by molar-refractivity contribution is -0.117. The summed E-state index contributed by atoms with van der Waals surface area (Å²) in [5, 5.41) is 10.1. The molecule has 0 radical (unpaired) electrons. The minimum atomic E-state index is -0.710. The number of benzene rings is 4. The average Bonchev–Trinajstić information content (AvgIpc) is 3.00. The normalized spacial score (nSPS) is 11.6. The van der Waals surface area contributed by atoms with Gasteiger partial charge in [-0.25, -0.2) is 0 Å². The van der Waals surface area contributed by atoms with E-state index in [1.165, 1.54) is 6.08 Å². The number of para-hydroxylation sites is 2. The maximum Gasteiger partial charge on any atom is 0.251 e. The summed E-state index contributed by atoms with van der Waals surface area (Å²) in [5.74, 6) is 0.104. The van der Waals surface area contributed by atoms with Crippen LogP contribution in [0.4, 0.5) is 22.7 Å². The van der Waals surface area contributed by atoms with E-state index < -0.39 is 6.04 Å². The summed E-state index contributed by atoms with van der Waals surface area (Å²) in [7, 11) is 1.58. The fourth-order valence-electron chi connectivity index (χ4n) is 4.30. The van der Waals surface area contributed by atoms with Crippen molar-refractivity contribution in [1.82, 2.24) is 4.98 Å². The van der Waals surface area contributed by atoms with Gasteiger partial charge in [0.15, 0.2) is 0 Å². The molecule has 0 saturated carbocycles. The van der Waals surface area contributed by atoms with Crippen molar-refractivity contribution in [2.45, 2.75) is 6.04 Å². The maximum atomic E-state index is 13.6. The number of rotatable bonds is 9. The number of nitrogens with two attached hydrogens (primary N) is 1. The first-order valence-corrected chi connectivity index (χ1v) is 13.0. The first kappa shape index (κ1) is 27.0. The number of fused-ring (bicyclic) bond motifs is 1. The van der Waals surface area contributed by atoms with Crippen LogP contribution in [0.3, 0.4) is 0 Å². The summed E-state index contributed by atoms with van der Waals surface area (Å²) in [6.45, 7) is 0. The summed E-state index contributed by atoms with van der Waals surface area (Å²) in [5.41, 5.74) is 10.8. The summed E-state index contributed by atoms with van der Waals surface area (Å²) >= 11 is 0. The molecule has 1 aromatic heterocycles. The van der Waals surface area contributed by atoms with E-state index in [-0.39, 0.29) is 11.8 Å². The lowest BCUT2D eigenvalue weighted by Crippen LogP contribution is -2.27. The summed E-state index contributed by atoms with van der Waals surface area (Å²) < 4.78 is 5.30. The molecule has 1 atom stereocenters. The molecular formula is C33H29N5O3. The molecular weight excluding hydrogens is 514 g/mol. The van der Waals surface area contributed by atoms with Crippen LogP contribution in [0.5, 0.6) is 5.75 Å². The van der Waals surface area contributed by atoms with E-state index in [0.29, 0.717) is 22.8 Å². The third-order valence-corrected chi connectivity index (χ3v) is 6.43. The second kappa shape index (κ2) is 12.5. The average molecular weight is 544 g/mol. The van der Waals surface area contributed by atoms with E-state index in [2.05, 4.69) is 20.9 Å². The third-order valence-electron chi connectivity index (χ3n) is 6.43. The minimum absolute atomic E-state index is 0.243. The van der Waals surface area contributed by atoms with Crippen molar-refractivity contribution in [2.24, 2.45) is 0 Å². The van der Waals surface area contributed by atoms with Crippen LogP contribution in [-0.4, -0.2) is 23.9 Å². The van der Waals surface area contributed by atoms with Crippen LogP contribution >= 0.6 is 0 Å². The molecule has 0 bridgehead atoms. The Morgan fingerprint density at radius 3 is 2.49 bits per heavy atom. The van der Waals surface area contributed by atoms with Gasteiger partial charge in [0.1, 0.15) is 11.8 Å². The molecule has 5 N–H and O–H groups in total. The van der Waals surface area contributed by atoms with E-state index in [9.17, 15) is 9.59 Å². The standard InChI is InChI=1S/C33H29N5O3/c1-41-27-8-4-7-25(21-27)37-33(40)32(36-26-16-17-29-24(20-26)6-5-19-35-29)23-14-11-22(12-15-23)13-18-31(39)38-30-10-3-2-9-28(30)34/h2-21,32,36H,34H2,1H3,(H,37,40)(H,38,39)/b18-13+. The number of nitrogens with one attached hydrogen (secondary N) is 3. The van der Waals surface area contributed by atoms with Crippen LogP contribution in [0.25, 0.3) is 17.0 Å². The van der Waals surface area contributed by atoms with Crippen molar-refractivity contribution in [2.75, 3.05) is 28.8 Å². The minimum Gasteiger partial charge on any atom is -0.497 e. The molecule has 204 valence electrons. The van der Waals surface area contributed by atoms with Crippen LogP contribution in [0.1, 0.15) is 17.2 Å². The van der Waals surface area contributed by atoms with Crippen LogP contribution in [0.2, 0.25) is 0 Å². The molecule has 0 fully saturated rings. The number of carbonyl (C=O) groups is 2. The molecule has 41 heavy (non-hydrogen) atoms. The summed E-state index contributed by atoms with van der Waals surface area (Å²) in [6.07, 6.45) is 4.89. The van der Waals surface area contributed by atoms with Crippen molar-refractivity contribution in [3.63, 3.8) is 0 Å². The van der Waals surface area contributed by atoms with Gasteiger partial charge in [-0.3, -0.25) is 14.6 Å². The molecule has 2 amide bonds. The van der Waals surface area contributed by atoms with E-state index in [1.54, 1.807) is 55.8 Å². The van der Waals surface area contributed by atoms with Crippen molar-refractivity contribution in [3.05, 3.63) is 127 Å². The molecule has 1 heterocycles. The SMILES string of the molecule is COc1cccc(NC(=O)C(Nc2ccc3ncccc3c2)c2ccc(/C=C/C(=O)Nc3ccccc3N)cc2)c1. The number of nitrogen functional groups attached to an aromatic ring is 1. The van der Waals surface area contributed by atoms with Crippen LogP contribution in [0, 0.1) is 0 Å². The first-order valence-electron chi connectivity index (χ1n) is 13.0. The Balaban J connectivity index is 1.36. The van der Waals surface area contributed by atoms with Gasteiger partial charge in [-0.15, -0.1) is 0 Å². The summed E-state index contributed by atoms with van der Waals surface area (Å²) in [4.78, 5) is 30.3. The number of anilines is 4. The zero-order valence-corrected chi connectivity index (χ0v) is 22.4. The highest BCUT2D eigenvalue weighted by molar-refractivity contribution is 6.03. The van der Waals surface area contributed by atoms with Crippen molar-refractivity contribution < 1.29 is 14.3 Å². The number of amides is 2. The van der Waals surface area contributed by atoms with Gasteiger partial charge in [0, 0.05) is 35.1 Å². The second-order valence-electron chi connectivity index (χ2n) is 9.29. The Morgan fingerprint density at radius 1 is 0.854 bits per heavy atom. The van der Waals surface area contributed by atoms with Gasteiger partial charge in [-0.2, -0.15) is 0 Å². The zero-order chi connectivity index (χ0) is 28.6. The number of aromatic nitrogens is 1. The molecule has 5 rings (SSSR count). The third kappa shape index (κ3) is 6.88. The van der Waals surface area contributed by atoms with E-state index in [1.807, 2.05) is 66.7 Å². The number of hydrogen-bond donors (Lipinski definition) is 4. The van der Waals surface area contributed by atoms with Gasteiger partial charge in [-0.1, -0.05) is 48.5 Å². The molecule has 0 aliphatic heterocycles. The van der Waals surface area contributed by atoms with Gasteiger partial charge in [-0.05, 0) is 65.7 Å². The highest BCUT2D eigenvalue weighted by Crippen LogP contribution is 2.26. The Kier molecular flexibility index (Phi) is 8.21. The summed E-state index contributed by atoms with van der Waals surface area (Å²) in [6, 6.07) is 30.6. The lowest BCUT2D eigenvalue weighted by Gasteiger charge is -2.21. The molecule has 8 nitrogen and oxygen atoms in total. The predicted molar refractivity (Wildman–Crippen MR) is 165 cm³/mol. The fourth-order valence-corrected chi connectivity index (χ4v) is 4.30. The maximum absolute atomic E-state index is 13.6. The fraction of sp³-hybridized carbons (Fsp3) is 0.0606. The van der Waals surface area contributed by atoms with Gasteiger partial charge in [0.05, 0.1) is 24.0 Å². The van der Waals surface area contributed by atoms with Gasteiger partial charge < -0.3 is 26.4 Å². The lowest BCUT2D eigenvalue weighted by atomic mass is 10.0. The van der Waals surface area contributed by atoms with Crippen molar-refractivity contribution >= 4 is 51.5 Å². The van der Waals surface area contributed by atoms with Crippen molar-refractivity contribution in [3.8, 4) is 5.75 Å². The molecule has 0 aliphatic rings. The van der Waals surface area contributed by atoms with Crippen LogP contribution < -0.4 is 26.4 Å². The topological polar surface area (TPSA) is 118 Å². The Labute approximate surface area is 237 Å². The number of pyridine rings is 1. The van der Waals surface area contributed by atoms with E-state index in [4.69, 9.17) is 10.5 Å². The quantitative estimate of drug-likeness (QED) is 0.129. The number of ether oxygens (including phenoxy) is 1.